The lowest BCUT2D eigenvalue weighted by Gasteiger charge is -2.16. The Balaban J connectivity index is 1.73. The quantitative estimate of drug-likeness (QED) is 0.380. The monoisotopic (exact) mass is 496 g/mol. The van der Waals surface area contributed by atoms with Gasteiger partial charge in [-0.15, -0.1) is 0 Å². The van der Waals surface area contributed by atoms with Gasteiger partial charge in [-0.3, -0.25) is 0 Å². The Morgan fingerprint density at radius 1 is 1.14 bits per heavy atom. The number of carbonyl (C=O) groups is 1. The van der Waals surface area contributed by atoms with Gasteiger partial charge in [0.2, 0.25) is 16.0 Å². The first-order valence-corrected chi connectivity index (χ1v) is 12.2. The number of hydrogen-bond donors (Lipinski definition) is 2. The van der Waals surface area contributed by atoms with Gasteiger partial charge < -0.3 is 15.4 Å². The molecule has 3 rings (SSSR count). The average Bonchev–Trinajstić information content (AvgIpc) is 2.84. The van der Waals surface area contributed by atoms with Crippen molar-refractivity contribution in [2.45, 2.75) is 31.1 Å². The molecule has 0 aliphatic rings. The molecule has 0 saturated heterocycles. The second kappa shape index (κ2) is 11.5. The van der Waals surface area contributed by atoms with Crippen LogP contribution in [0.5, 0.6) is 0 Å². The van der Waals surface area contributed by atoms with E-state index in [0.717, 1.165) is 21.6 Å². The molecule has 3 aromatic rings. The van der Waals surface area contributed by atoms with Crippen LogP contribution in [0.1, 0.15) is 24.0 Å². The normalized spacial score (nSPS) is 11.2. The summed E-state index contributed by atoms with van der Waals surface area (Å²) in [5.74, 6) is -0.542. The highest BCUT2D eigenvalue weighted by Crippen LogP contribution is 2.24. The predicted octanol–water partition coefficient (Wildman–Crippen LogP) is 4.08. The zero-order valence-electron chi connectivity index (χ0n) is 19.3. The van der Waals surface area contributed by atoms with Crippen molar-refractivity contribution < 1.29 is 17.6 Å². The maximum Gasteiger partial charge on any atom is 0.242 e. The Bertz CT molecular complexity index is 1340. The van der Waals surface area contributed by atoms with E-state index >= 15 is 0 Å². The van der Waals surface area contributed by atoms with E-state index < -0.39 is 15.8 Å². The fourth-order valence-electron chi connectivity index (χ4n) is 3.27. The number of nitrogens with one attached hydrogen (secondary N) is 2. The van der Waals surface area contributed by atoms with Gasteiger partial charge in [0.05, 0.1) is 17.2 Å². The van der Waals surface area contributed by atoms with Gasteiger partial charge in [-0.05, 0) is 60.9 Å². The van der Waals surface area contributed by atoms with E-state index in [2.05, 4.69) is 26.7 Å². The highest BCUT2D eigenvalue weighted by atomic mass is 32.2. The van der Waals surface area contributed by atoms with Gasteiger partial charge in [0.1, 0.15) is 6.29 Å². The van der Waals surface area contributed by atoms with Crippen molar-refractivity contribution in [3.05, 3.63) is 65.6 Å². The number of aromatic nitrogens is 2. The van der Waals surface area contributed by atoms with Gasteiger partial charge in [-0.1, -0.05) is 6.07 Å². The molecule has 0 fully saturated rings. The second-order valence-electron chi connectivity index (χ2n) is 7.75. The van der Waals surface area contributed by atoms with Crippen LogP contribution in [0, 0.1) is 24.1 Å². The fraction of sp³-hybridized carbons (Fsp3) is 0.250. The summed E-state index contributed by atoms with van der Waals surface area (Å²) in [5, 5.41) is 14.6. The first-order chi connectivity index (χ1) is 16.7. The molecule has 0 bridgehead atoms. The third-order valence-corrected chi connectivity index (χ3v) is 7.11. The van der Waals surface area contributed by atoms with Gasteiger partial charge in [-0.25, -0.2) is 22.1 Å². The van der Waals surface area contributed by atoms with Crippen molar-refractivity contribution in [2.24, 2.45) is 0 Å². The van der Waals surface area contributed by atoms with E-state index in [1.165, 1.54) is 19.2 Å². The molecule has 0 atom stereocenters. The van der Waals surface area contributed by atoms with Crippen LogP contribution in [-0.2, 0) is 21.2 Å². The molecule has 1 heterocycles. The summed E-state index contributed by atoms with van der Waals surface area (Å²) in [6.45, 7) is 2.01. The number of benzene rings is 2. The van der Waals surface area contributed by atoms with Crippen LogP contribution in [0.3, 0.4) is 0 Å². The van der Waals surface area contributed by atoms with Gasteiger partial charge in [0, 0.05) is 37.8 Å². The maximum absolute atomic E-state index is 14.3. The summed E-state index contributed by atoms with van der Waals surface area (Å²) in [5.41, 5.74) is 3.17. The van der Waals surface area contributed by atoms with Crippen LogP contribution >= 0.6 is 0 Å². The number of nitrogens with zero attached hydrogens (tertiary/aromatic N) is 4. The van der Waals surface area contributed by atoms with Crippen LogP contribution in [0.25, 0.3) is 0 Å². The molecular formula is C24H25FN6O3S. The predicted molar refractivity (Wildman–Crippen MR) is 131 cm³/mol. The standard InChI is InChI=1S/C24H25FN6O3S/c1-17-15-20(7-6-18(17)5-3-12-26)28-23-22(25)16-27-24(30-23)29-19-8-10-21(11-9-19)35(33,34)31(2)13-4-14-32/h6-11,14-16H,3-5,13H2,1-2H3,(H2,27,28,29,30). The third-order valence-electron chi connectivity index (χ3n) is 5.24. The highest BCUT2D eigenvalue weighted by molar-refractivity contribution is 7.89. The third kappa shape index (κ3) is 6.59. The number of rotatable bonds is 11. The molecule has 2 aromatic carbocycles. The number of carbonyl (C=O) groups excluding carboxylic acids is 1. The lowest BCUT2D eigenvalue weighted by atomic mass is 10.0. The van der Waals surface area contributed by atoms with Crippen molar-refractivity contribution in [3.8, 4) is 6.07 Å². The van der Waals surface area contributed by atoms with Crippen molar-refractivity contribution in [2.75, 3.05) is 24.2 Å². The topological polar surface area (TPSA) is 128 Å². The molecule has 0 radical (unpaired) electrons. The number of nitriles is 1. The van der Waals surface area contributed by atoms with E-state index in [0.29, 0.717) is 30.5 Å². The molecule has 9 nitrogen and oxygen atoms in total. The van der Waals surface area contributed by atoms with Crippen LogP contribution in [-0.4, -0.2) is 42.6 Å². The zero-order valence-corrected chi connectivity index (χ0v) is 20.1. The molecule has 0 spiro atoms. The average molecular weight is 497 g/mol. The Kier molecular flexibility index (Phi) is 8.46. The number of aryl methyl sites for hydroxylation is 2. The minimum absolute atomic E-state index is 0.0253. The van der Waals surface area contributed by atoms with Crippen molar-refractivity contribution in [1.82, 2.24) is 14.3 Å². The lowest BCUT2D eigenvalue weighted by Crippen LogP contribution is -2.28. The van der Waals surface area contributed by atoms with Crippen molar-refractivity contribution >= 4 is 39.5 Å². The number of halogens is 1. The number of sulfonamides is 1. The molecule has 0 aliphatic carbocycles. The van der Waals surface area contributed by atoms with E-state index in [1.807, 2.05) is 19.1 Å². The van der Waals surface area contributed by atoms with E-state index in [4.69, 9.17) is 5.26 Å². The Morgan fingerprint density at radius 2 is 1.86 bits per heavy atom. The number of hydrogen-bond acceptors (Lipinski definition) is 8. The van der Waals surface area contributed by atoms with Crippen LogP contribution < -0.4 is 10.6 Å². The molecule has 0 aliphatic heterocycles. The van der Waals surface area contributed by atoms with Gasteiger partial charge in [-0.2, -0.15) is 10.2 Å². The van der Waals surface area contributed by atoms with Gasteiger partial charge >= 0.3 is 0 Å². The highest BCUT2D eigenvalue weighted by Gasteiger charge is 2.20. The first kappa shape index (κ1) is 25.7. The zero-order chi connectivity index (χ0) is 25.4. The van der Waals surface area contributed by atoms with Gasteiger partial charge in [0.25, 0.3) is 0 Å². The molecule has 0 saturated carbocycles. The lowest BCUT2D eigenvalue weighted by molar-refractivity contribution is -0.107. The molecule has 0 unspecified atom stereocenters. The molecule has 0 amide bonds. The number of anilines is 4. The summed E-state index contributed by atoms with van der Waals surface area (Å²) < 4.78 is 40.6. The maximum atomic E-state index is 14.3. The second-order valence-corrected chi connectivity index (χ2v) is 9.79. The summed E-state index contributed by atoms with van der Waals surface area (Å²) in [7, 11) is -2.31. The summed E-state index contributed by atoms with van der Waals surface area (Å²) in [6.07, 6.45) is 2.88. The van der Waals surface area contributed by atoms with Crippen LogP contribution in [0.2, 0.25) is 0 Å². The summed E-state index contributed by atoms with van der Waals surface area (Å²) >= 11 is 0. The minimum Gasteiger partial charge on any atom is -0.338 e. The summed E-state index contributed by atoms with van der Waals surface area (Å²) in [4.78, 5) is 18.7. The molecule has 182 valence electrons. The molecular weight excluding hydrogens is 471 g/mol. The van der Waals surface area contributed by atoms with E-state index in [-0.39, 0.29) is 29.6 Å². The Labute approximate surface area is 203 Å². The molecule has 35 heavy (non-hydrogen) atoms. The molecule has 2 N–H and O–H groups in total. The molecule has 11 heteroatoms. The SMILES string of the molecule is Cc1cc(Nc2nc(Nc3ccc(S(=O)(=O)N(C)CCC=O)cc3)ncc2F)ccc1CCC#N. The Morgan fingerprint density at radius 3 is 2.51 bits per heavy atom. The molecule has 1 aromatic heterocycles. The van der Waals surface area contributed by atoms with E-state index in [9.17, 15) is 17.6 Å². The van der Waals surface area contributed by atoms with Gasteiger partial charge in [0.15, 0.2) is 11.6 Å². The first-order valence-electron chi connectivity index (χ1n) is 10.8. The van der Waals surface area contributed by atoms with Crippen LogP contribution in [0.4, 0.5) is 27.5 Å². The van der Waals surface area contributed by atoms with E-state index in [1.54, 1.807) is 18.2 Å². The Hall–Kier alpha value is -3.88. The van der Waals surface area contributed by atoms with Crippen LogP contribution in [0.15, 0.2) is 53.6 Å². The minimum atomic E-state index is -3.72. The fourth-order valence-corrected chi connectivity index (χ4v) is 4.46. The largest absolute Gasteiger partial charge is 0.338 e. The van der Waals surface area contributed by atoms with Crippen molar-refractivity contribution in [1.29, 1.82) is 5.26 Å². The smallest absolute Gasteiger partial charge is 0.242 e. The number of aldehydes is 1. The summed E-state index contributed by atoms with van der Waals surface area (Å²) in [6, 6.07) is 13.6. The van der Waals surface area contributed by atoms with Crippen molar-refractivity contribution in [3.63, 3.8) is 0 Å².